The highest BCUT2D eigenvalue weighted by atomic mass is 79.9. The lowest BCUT2D eigenvalue weighted by atomic mass is 9.93. The maximum Gasteiger partial charge on any atom is 0.167 e. The Hall–Kier alpha value is -1.68. The predicted octanol–water partition coefficient (Wildman–Crippen LogP) is 4.37. The molecule has 0 unspecified atom stereocenters. The fourth-order valence-corrected chi connectivity index (χ4v) is 3.13. The third-order valence-electron chi connectivity index (χ3n) is 3.78. The minimum Gasteiger partial charge on any atom is -0.385 e. The van der Waals surface area contributed by atoms with E-state index in [0.717, 1.165) is 36.2 Å². The van der Waals surface area contributed by atoms with E-state index < -0.39 is 0 Å². The molecule has 0 aromatic heterocycles. The Labute approximate surface area is 131 Å². The second kappa shape index (κ2) is 5.98. The SMILES string of the molecule is O=C(Cc1cccc(F)c1Br)c1cccc2c1CCCN2. The van der Waals surface area contributed by atoms with E-state index in [-0.39, 0.29) is 18.0 Å². The molecule has 1 aliphatic heterocycles. The van der Waals surface area contributed by atoms with Crippen LogP contribution in [-0.2, 0) is 12.8 Å². The van der Waals surface area contributed by atoms with Crippen LogP contribution in [0.2, 0.25) is 0 Å². The number of carbonyl (C=O) groups excluding carboxylic acids is 1. The lowest BCUT2D eigenvalue weighted by Gasteiger charge is -2.20. The summed E-state index contributed by atoms with van der Waals surface area (Å²) < 4.78 is 13.9. The monoisotopic (exact) mass is 347 g/mol. The van der Waals surface area contributed by atoms with Gasteiger partial charge in [-0.25, -0.2) is 4.39 Å². The van der Waals surface area contributed by atoms with E-state index in [9.17, 15) is 9.18 Å². The van der Waals surface area contributed by atoms with Crippen molar-refractivity contribution < 1.29 is 9.18 Å². The van der Waals surface area contributed by atoms with Crippen molar-refractivity contribution in [1.29, 1.82) is 0 Å². The van der Waals surface area contributed by atoms with Gasteiger partial charge in [-0.05, 0) is 52.0 Å². The second-order valence-electron chi connectivity index (χ2n) is 5.17. The molecule has 0 atom stereocenters. The summed E-state index contributed by atoms with van der Waals surface area (Å²) in [5.74, 6) is -0.307. The van der Waals surface area contributed by atoms with Gasteiger partial charge in [-0.3, -0.25) is 4.79 Å². The van der Waals surface area contributed by atoms with Crippen molar-refractivity contribution in [3.8, 4) is 0 Å². The first-order chi connectivity index (χ1) is 10.2. The number of Topliss-reactive ketones (excluding diaryl/α,β-unsaturated/α-hetero) is 1. The Morgan fingerprint density at radius 2 is 2.05 bits per heavy atom. The van der Waals surface area contributed by atoms with Crippen LogP contribution in [-0.4, -0.2) is 12.3 Å². The number of hydrogen-bond donors (Lipinski definition) is 1. The van der Waals surface area contributed by atoms with Crippen LogP contribution in [0.5, 0.6) is 0 Å². The molecule has 0 saturated heterocycles. The van der Waals surface area contributed by atoms with Gasteiger partial charge in [0.1, 0.15) is 5.82 Å². The minimum absolute atomic E-state index is 0.0295. The molecule has 2 aromatic rings. The zero-order chi connectivity index (χ0) is 14.8. The van der Waals surface area contributed by atoms with E-state index >= 15 is 0 Å². The summed E-state index contributed by atoms with van der Waals surface area (Å²) in [6, 6.07) is 10.5. The number of rotatable bonds is 3. The van der Waals surface area contributed by atoms with E-state index in [2.05, 4.69) is 21.2 Å². The normalized spacial score (nSPS) is 13.4. The topological polar surface area (TPSA) is 29.1 Å². The third-order valence-corrected chi connectivity index (χ3v) is 4.67. The van der Waals surface area contributed by atoms with Gasteiger partial charge in [-0.2, -0.15) is 0 Å². The quantitative estimate of drug-likeness (QED) is 0.835. The first-order valence-electron chi connectivity index (χ1n) is 6.98. The smallest absolute Gasteiger partial charge is 0.167 e. The zero-order valence-electron chi connectivity index (χ0n) is 11.5. The standard InChI is InChI=1S/C17H15BrFNO/c18-17-11(4-1-7-14(17)19)10-16(21)13-5-2-8-15-12(13)6-3-9-20-15/h1-2,4-5,7-8,20H,3,6,9-10H2. The summed E-state index contributed by atoms with van der Waals surface area (Å²) in [6.45, 7) is 0.945. The molecule has 0 radical (unpaired) electrons. The van der Waals surface area contributed by atoms with Crippen LogP contribution in [0, 0.1) is 5.82 Å². The zero-order valence-corrected chi connectivity index (χ0v) is 13.0. The van der Waals surface area contributed by atoms with Gasteiger partial charge in [0.05, 0.1) is 4.47 Å². The van der Waals surface area contributed by atoms with Gasteiger partial charge in [0.2, 0.25) is 0 Å². The molecule has 2 aromatic carbocycles. The summed E-state index contributed by atoms with van der Waals surface area (Å²) in [5.41, 5.74) is 3.56. The fraction of sp³-hybridized carbons (Fsp3) is 0.235. The molecule has 21 heavy (non-hydrogen) atoms. The van der Waals surface area contributed by atoms with Crippen LogP contribution in [0.3, 0.4) is 0 Å². The predicted molar refractivity (Wildman–Crippen MR) is 85.4 cm³/mol. The van der Waals surface area contributed by atoms with Gasteiger partial charge in [0, 0.05) is 24.2 Å². The third kappa shape index (κ3) is 2.86. The molecular weight excluding hydrogens is 333 g/mol. The van der Waals surface area contributed by atoms with Crippen molar-refractivity contribution in [2.45, 2.75) is 19.3 Å². The number of nitrogens with one attached hydrogen (secondary N) is 1. The lowest BCUT2D eigenvalue weighted by molar-refractivity contribution is 0.0992. The number of hydrogen-bond acceptors (Lipinski definition) is 2. The molecule has 0 saturated carbocycles. The summed E-state index contributed by atoms with van der Waals surface area (Å²) in [6.07, 6.45) is 2.14. The van der Waals surface area contributed by atoms with Crippen LogP contribution in [0.4, 0.5) is 10.1 Å². The summed E-state index contributed by atoms with van der Waals surface area (Å²) in [5, 5.41) is 3.32. The molecule has 108 valence electrons. The number of benzene rings is 2. The van der Waals surface area contributed by atoms with Crippen molar-refractivity contribution in [1.82, 2.24) is 0 Å². The van der Waals surface area contributed by atoms with Crippen molar-refractivity contribution in [3.05, 3.63) is 63.4 Å². The van der Waals surface area contributed by atoms with Gasteiger partial charge in [-0.1, -0.05) is 24.3 Å². The van der Waals surface area contributed by atoms with Gasteiger partial charge in [-0.15, -0.1) is 0 Å². The molecule has 0 bridgehead atoms. The Balaban J connectivity index is 1.91. The summed E-state index contributed by atoms with van der Waals surface area (Å²) in [7, 11) is 0. The molecule has 4 heteroatoms. The number of fused-ring (bicyclic) bond motifs is 1. The molecule has 0 amide bonds. The maximum atomic E-state index is 13.5. The average Bonchev–Trinajstić information content (AvgIpc) is 2.51. The van der Waals surface area contributed by atoms with Crippen molar-refractivity contribution >= 4 is 27.4 Å². The molecule has 3 rings (SSSR count). The first-order valence-corrected chi connectivity index (χ1v) is 7.78. The van der Waals surface area contributed by atoms with Crippen LogP contribution in [0.1, 0.15) is 27.9 Å². The lowest BCUT2D eigenvalue weighted by Crippen LogP contribution is -2.16. The van der Waals surface area contributed by atoms with Crippen LogP contribution < -0.4 is 5.32 Å². The Morgan fingerprint density at radius 1 is 1.24 bits per heavy atom. The average molecular weight is 348 g/mol. The molecular formula is C17H15BrFNO. The highest BCUT2D eigenvalue weighted by Crippen LogP contribution is 2.27. The maximum absolute atomic E-state index is 13.5. The van der Waals surface area contributed by atoms with Gasteiger partial charge >= 0.3 is 0 Å². The molecule has 0 fully saturated rings. The Kier molecular flexibility index (Phi) is 4.06. The van der Waals surface area contributed by atoms with Crippen LogP contribution in [0.15, 0.2) is 40.9 Å². The molecule has 1 aliphatic rings. The number of carbonyl (C=O) groups is 1. The van der Waals surface area contributed by atoms with Gasteiger partial charge in [0.25, 0.3) is 0 Å². The molecule has 0 aliphatic carbocycles. The van der Waals surface area contributed by atoms with Crippen LogP contribution >= 0.6 is 15.9 Å². The van der Waals surface area contributed by atoms with Crippen molar-refractivity contribution in [2.75, 3.05) is 11.9 Å². The van der Waals surface area contributed by atoms with E-state index in [4.69, 9.17) is 0 Å². The van der Waals surface area contributed by atoms with E-state index in [1.54, 1.807) is 12.1 Å². The molecule has 2 nitrogen and oxygen atoms in total. The van der Waals surface area contributed by atoms with Crippen LogP contribution in [0.25, 0.3) is 0 Å². The number of ketones is 1. The minimum atomic E-state index is -0.336. The van der Waals surface area contributed by atoms with E-state index in [1.807, 2.05) is 18.2 Å². The van der Waals surface area contributed by atoms with E-state index in [0.29, 0.717) is 10.0 Å². The first kappa shape index (κ1) is 14.3. The van der Waals surface area contributed by atoms with Gasteiger partial charge < -0.3 is 5.32 Å². The summed E-state index contributed by atoms with van der Waals surface area (Å²) in [4.78, 5) is 12.6. The van der Waals surface area contributed by atoms with Crippen molar-refractivity contribution in [3.63, 3.8) is 0 Å². The molecule has 0 spiro atoms. The molecule has 1 N–H and O–H groups in total. The highest BCUT2D eigenvalue weighted by Gasteiger charge is 2.18. The van der Waals surface area contributed by atoms with E-state index in [1.165, 1.54) is 6.07 Å². The largest absolute Gasteiger partial charge is 0.385 e. The van der Waals surface area contributed by atoms with Crippen molar-refractivity contribution in [2.24, 2.45) is 0 Å². The number of anilines is 1. The highest BCUT2D eigenvalue weighted by molar-refractivity contribution is 9.10. The Bertz CT molecular complexity index is 699. The fourth-order valence-electron chi connectivity index (χ4n) is 2.72. The Morgan fingerprint density at radius 3 is 2.90 bits per heavy atom. The van der Waals surface area contributed by atoms with Gasteiger partial charge in [0.15, 0.2) is 5.78 Å². The second-order valence-corrected chi connectivity index (χ2v) is 5.97. The molecule has 1 heterocycles. The summed E-state index contributed by atoms with van der Waals surface area (Å²) >= 11 is 3.22. The number of halogens is 2.